The molecule has 1 heterocycles. The molecule has 5 rings (SSSR count). The van der Waals surface area contributed by atoms with Crippen molar-refractivity contribution in [1.82, 2.24) is 4.98 Å². The summed E-state index contributed by atoms with van der Waals surface area (Å²) in [6.07, 6.45) is 1.59. The highest BCUT2D eigenvalue weighted by Crippen LogP contribution is 2.29. The molecule has 0 aliphatic rings. The second kappa shape index (κ2) is 9.97. The summed E-state index contributed by atoms with van der Waals surface area (Å²) >= 11 is 0. The third-order valence-electron chi connectivity index (χ3n) is 5.48. The molecule has 2 N–H and O–H groups in total. The van der Waals surface area contributed by atoms with Gasteiger partial charge in [-0.15, -0.1) is 0 Å². The summed E-state index contributed by atoms with van der Waals surface area (Å²) in [5.41, 5.74) is 2.03. The number of nitrogens with one attached hydrogen (secondary N) is 2. The summed E-state index contributed by atoms with van der Waals surface area (Å²) in [7, 11) is 1.63. The molecule has 172 valence electrons. The van der Waals surface area contributed by atoms with E-state index in [2.05, 4.69) is 15.6 Å². The standard InChI is InChI=1S/C29H23N3O3/c1-34-22-15-11-20(12-16-22)31-28-26-10-6-5-9-25(26)27(19-30-28)29(33)32-21-13-17-24(18-14-21)35-23-7-3-2-4-8-23/h2-19H,1H3,(H,30,31)(H,32,33). The quantitative estimate of drug-likeness (QED) is 0.272. The second-order valence-corrected chi connectivity index (χ2v) is 7.81. The molecule has 0 aliphatic carbocycles. The van der Waals surface area contributed by atoms with E-state index in [4.69, 9.17) is 9.47 Å². The van der Waals surface area contributed by atoms with Gasteiger partial charge in [0, 0.05) is 23.0 Å². The summed E-state index contributed by atoms with van der Waals surface area (Å²) in [6, 6.07) is 32.1. The average Bonchev–Trinajstić information content (AvgIpc) is 2.91. The minimum atomic E-state index is -0.235. The number of carbonyl (C=O) groups excluding carboxylic acids is 1. The van der Waals surface area contributed by atoms with Gasteiger partial charge in [-0.05, 0) is 66.0 Å². The molecule has 4 aromatic carbocycles. The first-order valence-corrected chi connectivity index (χ1v) is 11.1. The molecule has 0 spiro atoms. The molecule has 6 nitrogen and oxygen atoms in total. The van der Waals surface area contributed by atoms with Gasteiger partial charge in [0.1, 0.15) is 23.1 Å². The Bertz CT molecular complexity index is 1450. The number of anilines is 3. The summed E-state index contributed by atoms with van der Waals surface area (Å²) in [5.74, 6) is 2.66. The number of benzene rings is 4. The lowest BCUT2D eigenvalue weighted by Crippen LogP contribution is -2.13. The number of carbonyl (C=O) groups is 1. The second-order valence-electron chi connectivity index (χ2n) is 7.81. The Morgan fingerprint density at radius 3 is 2.00 bits per heavy atom. The Morgan fingerprint density at radius 2 is 1.29 bits per heavy atom. The molecule has 0 bridgehead atoms. The van der Waals surface area contributed by atoms with Gasteiger partial charge in [-0.3, -0.25) is 4.79 Å². The fourth-order valence-electron chi connectivity index (χ4n) is 3.71. The van der Waals surface area contributed by atoms with E-state index in [1.807, 2.05) is 103 Å². The minimum absolute atomic E-state index is 0.235. The zero-order chi connectivity index (χ0) is 24.0. The van der Waals surface area contributed by atoms with Crippen LogP contribution in [0.15, 0.2) is 109 Å². The number of ether oxygens (including phenoxy) is 2. The van der Waals surface area contributed by atoms with Gasteiger partial charge in [0.25, 0.3) is 5.91 Å². The molecule has 0 atom stereocenters. The number of methoxy groups -OCH3 is 1. The van der Waals surface area contributed by atoms with Gasteiger partial charge in [0.05, 0.1) is 12.7 Å². The summed E-state index contributed by atoms with van der Waals surface area (Å²) in [5, 5.41) is 7.94. The van der Waals surface area contributed by atoms with E-state index in [0.717, 1.165) is 28.0 Å². The van der Waals surface area contributed by atoms with Gasteiger partial charge in [0.15, 0.2) is 0 Å². The number of aromatic nitrogens is 1. The number of fused-ring (bicyclic) bond motifs is 1. The van der Waals surface area contributed by atoms with Crippen LogP contribution < -0.4 is 20.1 Å². The predicted molar refractivity (Wildman–Crippen MR) is 139 cm³/mol. The van der Waals surface area contributed by atoms with E-state index in [1.165, 1.54) is 0 Å². The number of nitrogens with zero attached hydrogens (tertiary/aromatic N) is 1. The van der Waals surface area contributed by atoms with Gasteiger partial charge in [-0.2, -0.15) is 0 Å². The zero-order valence-corrected chi connectivity index (χ0v) is 19.1. The van der Waals surface area contributed by atoms with Crippen LogP contribution in [-0.4, -0.2) is 18.0 Å². The lowest BCUT2D eigenvalue weighted by molar-refractivity contribution is 0.102. The molecule has 0 unspecified atom stereocenters. The van der Waals surface area contributed by atoms with Crippen molar-refractivity contribution in [2.75, 3.05) is 17.7 Å². The van der Waals surface area contributed by atoms with Crippen molar-refractivity contribution in [2.45, 2.75) is 0 Å². The third-order valence-corrected chi connectivity index (χ3v) is 5.48. The fourth-order valence-corrected chi connectivity index (χ4v) is 3.71. The monoisotopic (exact) mass is 461 g/mol. The molecule has 1 aromatic heterocycles. The highest BCUT2D eigenvalue weighted by Gasteiger charge is 2.14. The third kappa shape index (κ3) is 5.07. The van der Waals surface area contributed by atoms with Crippen molar-refractivity contribution >= 4 is 33.9 Å². The molecule has 6 heteroatoms. The Labute approximate surface area is 203 Å². The van der Waals surface area contributed by atoms with Crippen LogP contribution in [0.2, 0.25) is 0 Å². The number of hydrogen-bond donors (Lipinski definition) is 2. The molecule has 0 fully saturated rings. The van der Waals surface area contributed by atoms with Gasteiger partial charge >= 0.3 is 0 Å². The highest BCUT2D eigenvalue weighted by molar-refractivity contribution is 6.14. The number of pyridine rings is 1. The summed E-state index contributed by atoms with van der Waals surface area (Å²) in [4.78, 5) is 17.7. The van der Waals surface area contributed by atoms with Crippen molar-refractivity contribution in [2.24, 2.45) is 0 Å². The minimum Gasteiger partial charge on any atom is -0.497 e. The molecule has 0 aliphatic heterocycles. The van der Waals surface area contributed by atoms with Crippen LogP contribution in [0.25, 0.3) is 10.8 Å². The normalized spacial score (nSPS) is 10.5. The maximum absolute atomic E-state index is 13.1. The van der Waals surface area contributed by atoms with Crippen molar-refractivity contribution in [3.63, 3.8) is 0 Å². The molecule has 0 saturated carbocycles. The van der Waals surface area contributed by atoms with Crippen LogP contribution in [-0.2, 0) is 0 Å². The van der Waals surface area contributed by atoms with Crippen molar-refractivity contribution in [3.05, 3.63) is 115 Å². The first kappa shape index (κ1) is 22.0. The van der Waals surface area contributed by atoms with Gasteiger partial charge < -0.3 is 20.1 Å². The van der Waals surface area contributed by atoms with Crippen LogP contribution in [0.3, 0.4) is 0 Å². The Hall–Kier alpha value is -4.84. The molecule has 5 aromatic rings. The lowest BCUT2D eigenvalue weighted by atomic mass is 10.1. The lowest BCUT2D eigenvalue weighted by Gasteiger charge is -2.13. The van der Waals surface area contributed by atoms with Crippen LogP contribution in [0, 0.1) is 0 Å². The SMILES string of the molecule is COc1ccc(Nc2ncc(C(=O)Nc3ccc(Oc4ccccc4)cc3)c3ccccc23)cc1. The number of para-hydroxylation sites is 1. The molecule has 35 heavy (non-hydrogen) atoms. The van der Waals surface area contributed by atoms with Crippen LogP contribution >= 0.6 is 0 Å². The fraction of sp³-hybridized carbons (Fsp3) is 0.0345. The highest BCUT2D eigenvalue weighted by atomic mass is 16.5. The topological polar surface area (TPSA) is 72.5 Å². The summed E-state index contributed by atoms with van der Waals surface area (Å²) in [6.45, 7) is 0. The van der Waals surface area contributed by atoms with Crippen LogP contribution in [0.5, 0.6) is 17.2 Å². The van der Waals surface area contributed by atoms with E-state index in [9.17, 15) is 4.79 Å². The smallest absolute Gasteiger partial charge is 0.257 e. The van der Waals surface area contributed by atoms with E-state index >= 15 is 0 Å². The van der Waals surface area contributed by atoms with Crippen LogP contribution in [0.4, 0.5) is 17.2 Å². The maximum Gasteiger partial charge on any atom is 0.257 e. The molecule has 0 saturated heterocycles. The average molecular weight is 462 g/mol. The van der Waals surface area contributed by atoms with Crippen molar-refractivity contribution in [3.8, 4) is 17.2 Å². The van der Waals surface area contributed by atoms with E-state index in [0.29, 0.717) is 22.8 Å². The van der Waals surface area contributed by atoms with E-state index < -0.39 is 0 Å². The first-order valence-electron chi connectivity index (χ1n) is 11.1. The van der Waals surface area contributed by atoms with Gasteiger partial charge in [0.2, 0.25) is 0 Å². The van der Waals surface area contributed by atoms with Gasteiger partial charge in [-0.1, -0.05) is 42.5 Å². The Balaban J connectivity index is 1.34. The Morgan fingerprint density at radius 1 is 0.686 bits per heavy atom. The summed E-state index contributed by atoms with van der Waals surface area (Å²) < 4.78 is 11.0. The van der Waals surface area contributed by atoms with Crippen molar-refractivity contribution < 1.29 is 14.3 Å². The number of rotatable bonds is 7. The molecular weight excluding hydrogens is 438 g/mol. The molecule has 1 amide bonds. The first-order chi connectivity index (χ1) is 17.2. The molecular formula is C29H23N3O3. The van der Waals surface area contributed by atoms with E-state index in [1.54, 1.807) is 13.3 Å². The Kier molecular flexibility index (Phi) is 6.26. The largest absolute Gasteiger partial charge is 0.497 e. The van der Waals surface area contributed by atoms with E-state index in [-0.39, 0.29) is 5.91 Å². The number of amides is 1. The van der Waals surface area contributed by atoms with Crippen LogP contribution in [0.1, 0.15) is 10.4 Å². The van der Waals surface area contributed by atoms with Gasteiger partial charge in [-0.25, -0.2) is 4.98 Å². The predicted octanol–water partition coefficient (Wildman–Crippen LogP) is 7.03. The van der Waals surface area contributed by atoms with Crippen molar-refractivity contribution in [1.29, 1.82) is 0 Å². The zero-order valence-electron chi connectivity index (χ0n) is 19.1. The molecule has 0 radical (unpaired) electrons. The maximum atomic E-state index is 13.1. The number of hydrogen-bond acceptors (Lipinski definition) is 5.